The van der Waals surface area contributed by atoms with Gasteiger partial charge < -0.3 is 24.3 Å². The summed E-state index contributed by atoms with van der Waals surface area (Å²) in [5.74, 6) is 1.21. The predicted octanol–water partition coefficient (Wildman–Crippen LogP) is 3.46. The Bertz CT molecular complexity index is 1050. The van der Waals surface area contributed by atoms with Crippen LogP contribution >= 0.6 is 0 Å². The molecule has 0 bridgehead atoms. The van der Waals surface area contributed by atoms with Crippen molar-refractivity contribution in [3.63, 3.8) is 0 Å². The lowest BCUT2D eigenvalue weighted by atomic mass is 10.1. The molecule has 7 nitrogen and oxygen atoms in total. The van der Waals surface area contributed by atoms with E-state index in [-0.39, 0.29) is 24.1 Å². The van der Waals surface area contributed by atoms with E-state index in [2.05, 4.69) is 15.3 Å². The largest absolute Gasteiger partial charge is 0.493 e. The van der Waals surface area contributed by atoms with Crippen LogP contribution in [0.5, 0.6) is 11.5 Å². The Hall–Kier alpha value is -2.97. The Morgan fingerprint density at radius 3 is 2.90 bits per heavy atom. The quantitative estimate of drug-likeness (QED) is 0.707. The third kappa shape index (κ3) is 3.34. The van der Waals surface area contributed by atoms with Gasteiger partial charge >= 0.3 is 0 Å². The van der Waals surface area contributed by atoms with E-state index < -0.39 is 0 Å². The molecule has 0 radical (unpaired) electrons. The summed E-state index contributed by atoms with van der Waals surface area (Å²) in [6, 6.07) is 10.0. The van der Waals surface area contributed by atoms with Crippen LogP contribution in [-0.2, 0) is 9.47 Å². The fourth-order valence-corrected chi connectivity index (χ4v) is 3.80. The number of halogens is 1. The van der Waals surface area contributed by atoms with Crippen molar-refractivity contribution >= 4 is 22.4 Å². The maximum atomic E-state index is 14.0. The molecular formula is C21H20FN3O4. The minimum atomic E-state index is -0.362. The van der Waals surface area contributed by atoms with Gasteiger partial charge in [-0.3, -0.25) is 0 Å². The number of benzene rings is 2. The first-order valence-electron chi connectivity index (χ1n) is 9.47. The molecule has 150 valence electrons. The van der Waals surface area contributed by atoms with E-state index in [1.54, 1.807) is 37.4 Å². The topological polar surface area (TPSA) is 74.7 Å². The summed E-state index contributed by atoms with van der Waals surface area (Å²) in [6.07, 6.45) is 2.13. The molecule has 0 saturated carbocycles. The van der Waals surface area contributed by atoms with E-state index in [4.69, 9.17) is 18.9 Å². The van der Waals surface area contributed by atoms with Gasteiger partial charge in [0, 0.05) is 18.1 Å². The molecule has 2 aliphatic rings. The number of nitrogens with zero attached hydrogens (tertiary/aromatic N) is 2. The maximum Gasteiger partial charge on any atom is 0.164 e. The highest BCUT2D eigenvalue weighted by Crippen LogP contribution is 2.37. The third-order valence-corrected chi connectivity index (χ3v) is 5.25. The Labute approximate surface area is 166 Å². The molecule has 0 spiro atoms. The first kappa shape index (κ1) is 18.1. The number of methoxy groups -OCH3 is 1. The monoisotopic (exact) mass is 397 g/mol. The number of hydrogen-bond donors (Lipinski definition) is 1. The number of rotatable bonds is 5. The van der Waals surface area contributed by atoms with Crippen molar-refractivity contribution in [1.82, 2.24) is 9.97 Å². The van der Waals surface area contributed by atoms with Crippen molar-refractivity contribution < 1.29 is 23.3 Å². The van der Waals surface area contributed by atoms with Crippen molar-refractivity contribution in [2.45, 2.75) is 24.7 Å². The second-order valence-electron chi connectivity index (χ2n) is 7.00. The fourth-order valence-electron chi connectivity index (χ4n) is 3.80. The van der Waals surface area contributed by atoms with E-state index in [1.165, 1.54) is 12.4 Å². The number of anilines is 2. The zero-order valence-electron chi connectivity index (χ0n) is 15.8. The van der Waals surface area contributed by atoms with Crippen LogP contribution in [0.15, 0.2) is 42.7 Å². The van der Waals surface area contributed by atoms with Crippen molar-refractivity contribution in [1.29, 1.82) is 0 Å². The Morgan fingerprint density at radius 2 is 2.03 bits per heavy atom. The molecule has 8 heteroatoms. The number of ether oxygens (including phenoxy) is 4. The average molecular weight is 397 g/mol. The van der Waals surface area contributed by atoms with E-state index >= 15 is 0 Å². The second kappa shape index (κ2) is 7.46. The number of hydrogen-bond acceptors (Lipinski definition) is 7. The summed E-state index contributed by atoms with van der Waals surface area (Å²) in [5, 5.41) is 3.72. The lowest BCUT2D eigenvalue weighted by Crippen LogP contribution is -2.32. The minimum absolute atomic E-state index is 0.0703. The number of para-hydroxylation sites is 1. The fraction of sp³-hybridized carbons (Fsp3) is 0.333. The van der Waals surface area contributed by atoms with Gasteiger partial charge in [0.1, 0.15) is 24.1 Å². The smallest absolute Gasteiger partial charge is 0.164 e. The molecular weight excluding hydrogens is 377 g/mol. The van der Waals surface area contributed by atoms with Crippen LogP contribution in [0.1, 0.15) is 6.42 Å². The zero-order valence-corrected chi connectivity index (χ0v) is 15.8. The molecule has 2 unspecified atom stereocenters. The normalized spacial score (nSPS) is 23.2. The molecule has 1 N–H and O–H groups in total. The first-order valence-corrected chi connectivity index (χ1v) is 9.47. The molecule has 1 aromatic heterocycles. The summed E-state index contributed by atoms with van der Waals surface area (Å²) in [7, 11) is 1.57. The summed E-state index contributed by atoms with van der Waals surface area (Å²) in [4.78, 5) is 8.61. The van der Waals surface area contributed by atoms with Gasteiger partial charge in [0.05, 0.1) is 31.0 Å². The van der Waals surface area contributed by atoms with Crippen LogP contribution in [0.2, 0.25) is 0 Å². The van der Waals surface area contributed by atoms with Gasteiger partial charge in [0.25, 0.3) is 0 Å². The summed E-state index contributed by atoms with van der Waals surface area (Å²) >= 11 is 0. The van der Waals surface area contributed by atoms with Gasteiger partial charge in [-0.05, 0) is 24.6 Å². The Balaban J connectivity index is 1.48. The van der Waals surface area contributed by atoms with Crippen molar-refractivity contribution in [3.8, 4) is 11.5 Å². The van der Waals surface area contributed by atoms with Gasteiger partial charge in [-0.1, -0.05) is 12.1 Å². The molecule has 2 aromatic carbocycles. The molecule has 3 aromatic rings. The van der Waals surface area contributed by atoms with Crippen molar-refractivity contribution in [3.05, 3.63) is 48.5 Å². The maximum absolute atomic E-state index is 14.0. The van der Waals surface area contributed by atoms with Crippen LogP contribution in [0.25, 0.3) is 10.9 Å². The average Bonchev–Trinajstić information content (AvgIpc) is 3.34. The Kier molecular flexibility index (Phi) is 4.65. The lowest BCUT2D eigenvalue weighted by molar-refractivity contribution is 0.0298. The molecule has 2 saturated heterocycles. The standard InChI is InChI=1S/C21H20FN3O4/c1-26-17-8-12-15(9-18(17)29-19-10-28-16-6-7-27-20(16)19)23-11-24-21(12)25-14-5-3-2-4-13(14)22/h2-5,8-9,11,16,19-20H,6-7,10H2,1H3,(H,23,24,25)/t16?,19-,20?/m1/s1. The second-order valence-corrected chi connectivity index (χ2v) is 7.00. The molecule has 2 aliphatic heterocycles. The summed E-state index contributed by atoms with van der Waals surface area (Å²) in [6.45, 7) is 1.16. The predicted molar refractivity (Wildman–Crippen MR) is 104 cm³/mol. The van der Waals surface area contributed by atoms with Crippen LogP contribution < -0.4 is 14.8 Å². The summed E-state index contributed by atoms with van der Waals surface area (Å²) < 4.78 is 37.3. The zero-order chi connectivity index (χ0) is 19.8. The molecule has 2 fully saturated rings. The highest BCUT2D eigenvalue weighted by molar-refractivity contribution is 5.93. The molecule has 29 heavy (non-hydrogen) atoms. The van der Waals surface area contributed by atoms with Gasteiger partial charge in [-0.2, -0.15) is 0 Å². The van der Waals surface area contributed by atoms with E-state index in [9.17, 15) is 4.39 Å². The molecule has 0 aliphatic carbocycles. The molecule has 5 rings (SSSR count). The van der Waals surface area contributed by atoms with Gasteiger partial charge in [-0.25, -0.2) is 14.4 Å². The molecule has 3 heterocycles. The van der Waals surface area contributed by atoms with Gasteiger partial charge in [0.2, 0.25) is 0 Å². The van der Waals surface area contributed by atoms with Gasteiger partial charge in [0.15, 0.2) is 17.6 Å². The van der Waals surface area contributed by atoms with Gasteiger partial charge in [-0.15, -0.1) is 0 Å². The van der Waals surface area contributed by atoms with E-state index in [0.29, 0.717) is 47.1 Å². The van der Waals surface area contributed by atoms with Crippen molar-refractivity contribution in [2.24, 2.45) is 0 Å². The molecule has 0 amide bonds. The van der Waals surface area contributed by atoms with Crippen LogP contribution in [-0.4, -0.2) is 48.6 Å². The lowest BCUT2D eigenvalue weighted by Gasteiger charge is -2.20. The third-order valence-electron chi connectivity index (χ3n) is 5.25. The number of fused-ring (bicyclic) bond motifs is 2. The van der Waals surface area contributed by atoms with Crippen LogP contribution in [0, 0.1) is 5.82 Å². The van der Waals surface area contributed by atoms with E-state index in [1.807, 2.05) is 0 Å². The highest BCUT2D eigenvalue weighted by atomic mass is 19.1. The molecule has 3 atom stereocenters. The van der Waals surface area contributed by atoms with Crippen LogP contribution in [0.3, 0.4) is 0 Å². The Morgan fingerprint density at radius 1 is 1.14 bits per heavy atom. The SMILES string of the molecule is COc1cc2c(Nc3ccccc3F)ncnc2cc1O[C@@H]1COC2CCOC21. The van der Waals surface area contributed by atoms with Crippen molar-refractivity contribution in [2.75, 3.05) is 25.6 Å². The number of nitrogens with one attached hydrogen (secondary N) is 1. The first-order chi connectivity index (χ1) is 14.2. The number of aromatic nitrogens is 2. The van der Waals surface area contributed by atoms with Crippen LogP contribution in [0.4, 0.5) is 15.9 Å². The summed E-state index contributed by atoms with van der Waals surface area (Å²) in [5.41, 5.74) is 0.983. The minimum Gasteiger partial charge on any atom is -0.493 e. The highest BCUT2D eigenvalue weighted by Gasteiger charge is 2.43. The van der Waals surface area contributed by atoms with E-state index in [0.717, 1.165) is 6.42 Å².